The lowest BCUT2D eigenvalue weighted by molar-refractivity contribution is 0.740. The Hall–Kier alpha value is -2.30. The van der Waals surface area contributed by atoms with E-state index in [1.54, 1.807) is 6.20 Å². The van der Waals surface area contributed by atoms with Crippen LogP contribution in [0, 0.1) is 13.8 Å². The minimum Gasteiger partial charge on any atom is -0.383 e. The largest absolute Gasteiger partial charge is 0.383 e. The number of hydrogen-bond acceptors (Lipinski definition) is 3. The summed E-state index contributed by atoms with van der Waals surface area (Å²) >= 11 is 0. The second-order valence-corrected chi connectivity index (χ2v) is 4.55. The van der Waals surface area contributed by atoms with Gasteiger partial charge >= 0.3 is 0 Å². The molecule has 3 aromatic heterocycles. The molecule has 0 amide bonds. The van der Waals surface area contributed by atoms with Crippen LogP contribution in [0.5, 0.6) is 0 Å². The SMILES string of the molecule is Cc1ccc2nc(-c3cnn(C)c3C)c(N)n2c1. The van der Waals surface area contributed by atoms with E-state index in [-0.39, 0.29) is 0 Å². The molecule has 0 aliphatic rings. The van der Waals surface area contributed by atoms with Gasteiger partial charge in [-0.05, 0) is 25.5 Å². The van der Waals surface area contributed by atoms with Gasteiger partial charge in [-0.25, -0.2) is 4.98 Å². The van der Waals surface area contributed by atoms with E-state index < -0.39 is 0 Å². The van der Waals surface area contributed by atoms with Crippen molar-refractivity contribution in [2.45, 2.75) is 13.8 Å². The van der Waals surface area contributed by atoms with Gasteiger partial charge in [0.25, 0.3) is 0 Å². The lowest BCUT2D eigenvalue weighted by Gasteiger charge is -1.99. The van der Waals surface area contributed by atoms with Crippen LogP contribution in [0.3, 0.4) is 0 Å². The van der Waals surface area contributed by atoms with E-state index in [1.807, 2.05) is 48.3 Å². The number of nitrogen functional groups attached to an aromatic ring is 1. The van der Waals surface area contributed by atoms with Crippen molar-refractivity contribution in [1.29, 1.82) is 0 Å². The summed E-state index contributed by atoms with van der Waals surface area (Å²) in [6.45, 7) is 4.05. The molecule has 3 aromatic rings. The van der Waals surface area contributed by atoms with Crippen molar-refractivity contribution in [3.63, 3.8) is 0 Å². The quantitative estimate of drug-likeness (QED) is 0.708. The molecule has 0 atom stereocenters. The molecule has 0 aliphatic heterocycles. The molecule has 3 rings (SSSR count). The summed E-state index contributed by atoms with van der Waals surface area (Å²) in [6, 6.07) is 4.00. The number of imidazole rings is 1. The molecule has 0 radical (unpaired) electrons. The fourth-order valence-electron chi connectivity index (χ4n) is 2.10. The monoisotopic (exact) mass is 241 g/mol. The number of rotatable bonds is 1. The first kappa shape index (κ1) is 10.8. The molecule has 0 fully saturated rings. The highest BCUT2D eigenvalue weighted by Crippen LogP contribution is 2.28. The molecule has 0 saturated heterocycles. The third-order valence-electron chi connectivity index (χ3n) is 3.29. The number of nitrogens with zero attached hydrogens (tertiary/aromatic N) is 4. The summed E-state index contributed by atoms with van der Waals surface area (Å²) in [4.78, 5) is 4.58. The first-order valence-electron chi connectivity index (χ1n) is 5.81. The summed E-state index contributed by atoms with van der Waals surface area (Å²) in [6.07, 6.45) is 3.80. The van der Waals surface area contributed by atoms with Crippen molar-refractivity contribution in [2.75, 3.05) is 5.73 Å². The second-order valence-electron chi connectivity index (χ2n) is 4.55. The molecule has 0 unspecified atom stereocenters. The van der Waals surface area contributed by atoms with E-state index >= 15 is 0 Å². The zero-order valence-corrected chi connectivity index (χ0v) is 10.7. The number of anilines is 1. The molecule has 0 aromatic carbocycles. The Morgan fingerprint density at radius 2 is 2.00 bits per heavy atom. The van der Waals surface area contributed by atoms with Gasteiger partial charge in [-0.1, -0.05) is 6.07 Å². The highest BCUT2D eigenvalue weighted by atomic mass is 15.3. The van der Waals surface area contributed by atoms with Gasteiger partial charge in [0.15, 0.2) is 0 Å². The van der Waals surface area contributed by atoms with Gasteiger partial charge in [0.1, 0.15) is 17.2 Å². The smallest absolute Gasteiger partial charge is 0.139 e. The Bertz CT molecular complexity index is 735. The molecule has 0 spiro atoms. The molecule has 18 heavy (non-hydrogen) atoms. The van der Waals surface area contributed by atoms with Gasteiger partial charge < -0.3 is 5.73 Å². The number of hydrogen-bond donors (Lipinski definition) is 1. The predicted molar refractivity (Wildman–Crippen MR) is 71.3 cm³/mol. The van der Waals surface area contributed by atoms with E-state index in [9.17, 15) is 0 Å². The predicted octanol–water partition coefficient (Wildman–Crippen LogP) is 1.93. The van der Waals surface area contributed by atoms with E-state index in [4.69, 9.17) is 5.73 Å². The number of aromatic nitrogens is 4. The van der Waals surface area contributed by atoms with Crippen LogP contribution in [-0.2, 0) is 7.05 Å². The van der Waals surface area contributed by atoms with Crippen LogP contribution in [0.25, 0.3) is 16.9 Å². The van der Waals surface area contributed by atoms with Crippen LogP contribution in [-0.4, -0.2) is 19.2 Å². The molecule has 0 saturated carbocycles. The highest BCUT2D eigenvalue weighted by molar-refractivity contribution is 5.76. The Kier molecular flexibility index (Phi) is 2.16. The van der Waals surface area contributed by atoms with E-state index in [1.165, 1.54) is 0 Å². The van der Waals surface area contributed by atoms with E-state index in [0.29, 0.717) is 5.82 Å². The lowest BCUT2D eigenvalue weighted by atomic mass is 10.2. The van der Waals surface area contributed by atoms with Gasteiger partial charge in [-0.3, -0.25) is 9.08 Å². The number of aryl methyl sites for hydroxylation is 2. The molecular formula is C13H15N5. The first-order chi connectivity index (χ1) is 8.58. The van der Waals surface area contributed by atoms with Gasteiger partial charge in [0.05, 0.1) is 6.20 Å². The maximum absolute atomic E-state index is 6.18. The number of nitrogens with two attached hydrogens (primary N) is 1. The molecule has 0 aliphatic carbocycles. The van der Waals surface area contributed by atoms with Gasteiger partial charge in [-0.15, -0.1) is 0 Å². The standard InChI is InChI=1S/C13H15N5/c1-8-4-5-11-16-12(13(14)18(11)7-8)10-6-15-17(3)9(10)2/h4-7H,14H2,1-3H3. The average molecular weight is 241 g/mol. The van der Waals surface area contributed by atoms with Gasteiger partial charge in [0, 0.05) is 24.5 Å². The van der Waals surface area contributed by atoms with Crippen LogP contribution < -0.4 is 5.73 Å². The zero-order valence-electron chi connectivity index (χ0n) is 10.7. The molecule has 2 N–H and O–H groups in total. The van der Waals surface area contributed by atoms with Crippen molar-refractivity contribution >= 4 is 11.5 Å². The van der Waals surface area contributed by atoms with Crippen LogP contribution >= 0.6 is 0 Å². The molecule has 0 bridgehead atoms. The van der Waals surface area contributed by atoms with Crippen LogP contribution in [0.15, 0.2) is 24.5 Å². The highest BCUT2D eigenvalue weighted by Gasteiger charge is 2.15. The van der Waals surface area contributed by atoms with Crippen LogP contribution in [0.1, 0.15) is 11.3 Å². The normalized spacial score (nSPS) is 11.3. The number of fused-ring (bicyclic) bond motifs is 1. The lowest BCUT2D eigenvalue weighted by Crippen LogP contribution is -1.96. The maximum atomic E-state index is 6.18. The van der Waals surface area contributed by atoms with Crippen molar-refractivity contribution in [3.8, 4) is 11.3 Å². The Balaban J connectivity index is 2.30. The summed E-state index contributed by atoms with van der Waals surface area (Å²) in [7, 11) is 1.91. The fraction of sp³-hybridized carbons (Fsp3) is 0.231. The van der Waals surface area contributed by atoms with Crippen LogP contribution in [0.2, 0.25) is 0 Å². The number of pyridine rings is 1. The zero-order chi connectivity index (χ0) is 12.9. The van der Waals surface area contributed by atoms with Crippen molar-refractivity contribution < 1.29 is 0 Å². The summed E-state index contributed by atoms with van der Waals surface area (Å²) in [5.74, 6) is 0.657. The Morgan fingerprint density at radius 3 is 2.67 bits per heavy atom. The summed E-state index contributed by atoms with van der Waals surface area (Å²) < 4.78 is 3.74. The molecule has 3 heterocycles. The van der Waals surface area contributed by atoms with Crippen molar-refractivity contribution in [1.82, 2.24) is 19.2 Å². The molecule has 92 valence electrons. The topological polar surface area (TPSA) is 61.1 Å². The van der Waals surface area contributed by atoms with Crippen LogP contribution in [0.4, 0.5) is 5.82 Å². The average Bonchev–Trinajstić information content (AvgIpc) is 2.83. The first-order valence-corrected chi connectivity index (χ1v) is 5.81. The molecule has 5 nitrogen and oxygen atoms in total. The molecular weight excluding hydrogens is 226 g/mol. The summed E-state index contributed by atoms with van der Waals surface area (Å²) in [5.41, 5.74) is 11.0. The third-order valence-corrected chi connectivity index (χ3v) is 3.29. The maximum Gasteiger partial charge on any atom is 0.139 e. The minimum atomic E-state index is 0.657. The minimum absolute atomic E-state index is 0.657. The third kappa shape index (κ3) is 1.40. The van der Waals surface area contributed by atoms with E-state index in [2.05, 4.69) is 10.1 Å². The fourth-order valence-corrected chi connectivity index (χ4v) is 2.10. The van der Waals surface area contributed by atoms with Gasteiger partial charge in [-0.2, -0.15) is 5.10 Å². The molecule has 5 heteroatoms. The summed E-state index contributed by atoms with van der Waals surface area (Å²) in [5, 5.41) is 4.23. The van der Waals surface area contributed by atoms with Crippen molar-refractivity contribution in [3.05, 3.63) is 35.8 Å². The second kappa shape index (κ2) is 3.60. The van der Waals surface area contributed by atoms with Gasteiger partial charge in [0.2, 0.25) is 0 Å². The Morgan fingerprint density at radius 1 is 1.22 bits per heavy atom. The van der Waals surface area contributed by atoms with Crippen molar-refractivity contribution in [2.24, 2.45) is 7.05 Å². The Labute approximate surface area is 105 Å². The van der Waals surface area contributed by atoms with E-state index in [0.717, 1.165) is 28.2 Å².